The number of amides is 1. The number of rotatable bonds is 7. The molecule has 2 fully saturated rings. The number of methoxy groups -OCH3 is 1. The number of nitriles is 1. The van der Waals surface area contributed by atoms with Gasteiger partial charge in [-0.25, -0.2) is 0 Å². The zero-order valence-electron chi connectivity index (χ0n) is 15.2. The molecule has 7 nitrogen and oxygen atoms in total. The molecular weight excluding hydrogens is 348 g/mol. The first-order valence-corrected chi connectivity index (χ1v) is 9.02. The molecule has 1 heterocycles. The summed E-state index contributed by atoms with van der Waals surface area (Å²) in [5.74, 6) is -0.0336. The third kappa shape index (κ3) is 5.08. The molecule has 1 N–H and O–H groups in total. The second-order valence-corrected chi connectivity index (χ2v) is 6.62. The zero-order chi connectivity index (χ0) is 19.2. The van der Waals surface area contributed by atoms with E-state index >= 15 is 0 Å². The van der Waals surface area contributed by atoms with Crippen LogP contribution in [0.2, 0.25) is 0 Å². The number of nitrogens with one attached hydrogen (secondary N) is 1. The second-order valence-electron chi connectivity index (χ2n) is 6.62. The summed E-state index contributed by atoms with van der Waals surface area (Å²) in [4.78, 5) is 24.1. The molecule has 1 atom stereocenters. The Kier molecular flexibility index (Phi) is 6.09. The van der Waals surface area contributed by atoms with Crippen molar-refractivity contribution in [2.24, 2.45) is 5.92 Å². The van der Waals surface area contributed by atoms with Crippen LogP contribution in [0.3, 0.4) is 0 Å². The molecule has 1 amide bonds. The summed E-state index contributed by atoms with van der Waals surface area (Å²) in [7, 11) is 1.47. The van der Waals surface area contributed by atoms with E-state index in [9.17, 15) is 14.9 Å². The highest BCUT2D eigenvalue weighted by Crippen LogP contribution is 2.34. The number of benzene rings is 1. The maximum absolute atomic E-state index is 12.2. The minimum Gasteiger partial charge on any atom is -0.493 e. The van der Waals surface area contributed by atoms with Crippen molar-refractivity contribution in [3.05, 3.63) is 29.3 Å². The molecule has 0 radical (unpaired) electrons. The van der Waals surface area contributed by atoms with Gasteiger partial charge < -0.3 is 19.5 Å². The van der Waals surface area contributed by atoms with E-state index < -0.39 is 5.91 Å². The van der Waals surface area contributed by atoms with Gasteiger partial charge >= 0.3 is 5.97 Å². The van der Waals surface area contributed by atoms with Crippen LogP contribution in [0.15, 0.2) is 23.8 Å². The standard InChI is InChI=1S/C20H22N2O5/c1-25-18-10-13(4-7-17(18)27-20(24)14-5-6-14)9-15(11-21)19(23)22-12-16-3-2-8-26-16/h4,7,9-10,14,16H,2-3,5-6,8,12H2,1H3,(H,22,23)/b15-9+/t16-/m0/s1. The van der Waals surface area contributed by atoms with E-state index in [4.69, 9.17) is 14.2 Å². The molecule has 142 valence electrons. The van der Waals surface area contributed by atoms with Gasteiger partial charge in [0.2, 0.25) is 0 Å². The average Bonchev–Trinajstić information content (AvgIpc) is 3.41. The summed E-state index contributed by atoms with van der Waals surface area (Å²) < 4.78 is 16.1. The normalized spacial score (nSPS) is 19.3. The number of hydrogen-bond acceptors (Lipinski definition) is 6. The van der Waals surface area contributed by atoms with E-state index in [1.54, 1.807) is 18.2 Å². The fourth-order valence-electron chi connectivity index (χ4n) is 2.79. The first-order valence-electron chi connectivity index (χ1n) is 9.02. The molecule has 1 aliphatic heterocycles. The van der Waals surface area contributed by atoms with Gasteiger partial charge in [-0.05, 0) is 49.5 Å². The SMILES string of the molecule is COc1cc(/C=C(\C#N)C(=O)NC[C@@H]2CCCO2)ccc1OC(=O)C1CC1. The van der Waals surface area contributed by atoms with Crippen LogP contribution in [0.4, 0.5) is 0 Å². The average molecular weight is 370 g/mol. The Morgan fingerprint density at radius 3 is 2.78 bits per heavy atom. The van der Waals surface area contributed by atoms with Crippen molar-refractivity contribution in [3.63, 3.8) is 0 Å². The second kappa shape index (κ2) is 8.69. The fraction of sp³-hybridized carbons (Fsp3) is 0.450. The lowest BCUT2D eigenvalue weighted by molar-refractivity contribution is -0.135. The van der Waals surface area contributed by atoms with Crippen molar-refractivity contribution in [1.29, 1.82) is 5.26 Å². The van der Waals surface area contributed by atoms with Crippen molar-refractivity contribution in [2.75, 3.05) is 20.3 Å². The number of nitrogens with zero attached hydrogens (tertiary/aromatic N) is 1. The first kappa shape index (κ1) is 18.9. The van der Waals surface area contributed by atoms with Gasteiger partial charge in [0.05, 0.1) is 19.1 Å². The number of carbonyl (C=O) groups is 2. The van der Waals surface area contributed by atoms with Gasteiger partial charge in [0.15, 0.2) is 11.5 Å². The smallest absolute Gasteiger partial charge is 0.314 e. The molecule has 0 aromatic heterocycles. The van der Waals surface area contributed by atoms with Crippen LogP contribution >= 0.6 is 0 Å². The maximum Gasteiger partial charge on any atom is 0.314 e. The molecule has 1 aromatic carbocycles. The predicted octanol–water partition coefficient (Wildman–Crippen LogP) is 2.21. The zero-order valence-corrected chi connectivity index (χ0v) is 15.2. The summed E-state index contributed by atoms with van der Waals surface area (Å²) in [6.07, 6.45) is 5.08. The highest BCUT2D eigenvalue weighted by molar-refractivity contribution is 6.01. The van der Waals surface area contributed by atoms with Gasteiger partial charge in [-0.15, -0.1) is 0 Å². The summed E-state index contributed by atoms with van der Waals surface area (Å²) in [5, 5.41) is 12.0. The lowest BCUT2D eigenvalue weighted by atomic mass is 10.1. The van der Waals surface area contributed by atoms with Gasteiger partial charge in [0, 0.05) is 13.2 Å². The van der Waals surface area contributed by atoms with Gasteiger partial charge in [0.25, 0.3) is 5.91 Å². The van der Waals surface area contributed by atoms with Gasteiger partial charge in [-0.1, -0.05) is 6.07 Å². The van der Waals surface area contributed by atoms with E-state index in [0.29, 0.717) is 30.2 Å². The number of carbonyl (C=O) groups excluding carboxylic acids is 2. The maximum atomic E-state index is 12.2. The van der Waals surface area contributed by atoms with Crippen LogP contribution < -0.4 is 14.8 Å². The predicted molar refractivity (Wildman–Crippen MR) is 96.9 cm³/mol. The van der Waals surface area contributed by atoms with Crippen LogP contribution in [-0.4, -0.2) is 38.2 Å². The van der Waals surface area contributed by atoms with E-state index in [2.05, 4.69) is 5.32 Å². The fourth-order valence-corrected chi connectivity index (χ4v) is 2.79. The van der Waals surface area contributed by atoms with Crippen LogP contribution in [0.25, 0.3) is 6.08 Å². The Balaban J connectivity index is 1.68. The van der Waals surface area contributed by atoms with E-state index in [1.165, 1.54) is 13.2 Å². The Morgan fingerprint density at radius 2 is 2.15 bits per heavy atom. The Bertz CT molecular complexity index is 786. The van der Waals surface area contributed by atoms with E-state index in [1.807, 2.05) is 6.07 Å². The Hall–Kier alpha value is -2.85. The largest absolute Gasteiger partial charge is 0.493 e. The number of esters is 1. The Labute approximate surface area is 157 Å². The molecule has 0 bridgehead atoms. The van der Waals surface area contributed by atoms with E-state index in [-0.39, 0.29) is 23.6 Å². The Morgan fingerprint density at radius 1 is 1.33 bits per heavy atom. The molecular formula is C20H22N2O5. The molecule has 0 unspecified atom stereocenters. The molecule has 7 heteroatoms. The van der Waals surface area contributed by atoms with Gasteiger partial charge in [-0.2, -0.15) is 5.26 Å². The van der Waals surface area contributed by atoms with Crippen LogP contribution in [0.1, 0.15) is 31.2 Å². The summed E-state index contributed by atoms with van der Waals surface area (Å²) in [5.41, 5.74) is 0.583. The molecule has 1 saturated heterocycles. The molecule has 1 aliphatic carbocycles. The van der Waals surface area contributed by atoms with Crippen molar-refractivity contribution in [2.45, 2.75) is 31.8 Å². The third-order valence-electron chi connectivity index (χ3n) is 4.50. The minimum atomic E-state index is -0.448. The molecule has 3 rings (SSSR count). The summed E-state index contributed by atoms with van der Waals surface area (Å²) in [6.45, 7) is 1.09. The monoisotopic (exact) mass is 370 g/mol. The molecule has 1 saturated carbocycles. The highest BCUT2D eigenvalue weighted by Gasteiger charge is 2.32. The summed E-state index contributed by atoms with van der Waals surface area (Å²) in [6, 6.07) is 6.81. The molecule has 2 aliphatic rings. The molecule has 27 heavy (non-hydrogen) atoms. The number of hydrogen-bond donors (Lipinski definition) is 1. The number of ether oxygens (including phenoxy) is 3. The molecule has 1 aromatic rings. The van der Waals surface area contributed by atoms with Crippen LogP contribution in [-0.2, 0) is 14.3 Å². The third-order valence-corrected chi connectivity index (χ3v) is 4.50. The van der Waals surface area contributed by atoms with Crippen molar-refractivity contribution in [3.8, 4) is 17.6 Å². The minimum absolute atomic E-state index is 0.00873. The topological polar surface area (TPSA) is 97.7 Å². The quantitative estimate of drug-likeness (QED) is 0.342. The first-order chi connectivity index (χ1) is 13.1. The lowest BCUT2D eigenvalue weighted by Gasteiger charge is -2.11. The van der Waals surface area contributed by atoms with Crippen LogP contribution in [0.5, 0.6) is 11.5 Å². The van der Waals surface area contributed by atoms with E-state index in [0.717, 1.165) is 25.7 Å². The van der Waals surface area contributed by atoms with Crippen LogP contribution in [0, 0.1) is 17.2 Å². The summed E-state index contributed by atoms with van der Waals surface area (Å²) >= 11 is 0. The van der Waals surface area contributed by atoms with Crippen molar-refractivity contribution in [1.82, 2.24) is 5.32 Å². The highest BCUT2D eigenvalue weighted by atomic mass is 16.6. The molecule has 0 spiro atoms. The van der Waals surface area contributed by atoms with Gasteiger partial charge in [-0.3, -0.25) is 9.59 Å². The lowest BCUT2D eigenvalue weighted by Crippen LogP contribution is -2.32. The van der Waals surface area contributed by atoms with Gasteiger partial charge in [0.1, 0.15) is 11.6 Å². The van der Waals surface area contributed by atoms with Crippen molar-refractivity contribution < 1.29 is 23.8 Å². The van der Waals surface area contributed by atoms with Crippen molar-refractivity contribution >= 4 is 18.0 Å².